The van der Waals surface area contributed by atoms with Gasteiger partial charge in [-0.25, -0.2) is 0 Å². The lowest BCUT2D eigenvalue weighted by atomic mass is 9.77. The summed E-state index contributed by atoms with van der Waals surface area (Å²) in [6, 6.07) is 17.7. The van der Waals surface area contributed by atoms with Crippen molar-refractivity contribution in [2.24, 2.45) is 11.8 Å². The van der Waals surface area contributed by atoms with Gasteiger partial charge in [0.05, 0.1) is 31.6 Å². The number of ether oxygens (including phenoxy) is 2. The van der Waals surface area contributed by atoms with Crippen LogP contribution in [0.1, 0.15) is 11.1 Å². The van der Waals surface area contributed by atoms with Crippen molar-refractivity contribution in [3.8, 4) is 5.75 Å². The van der Waals surface area contributed by atoms with Gasteiger partial charge in [-0.05, 0) is 18.1 Å². The quantitative estimate of drug-likeness (QED) is 0.701. The highest BCUT2D eigenvalue weighted by Crippen LogP contribution is 2.51. The summed E-state index contributed by atoms with van der Waals surface area (Å²) in [6.45, 7) is 1.48. The van der Waals surface area contributed by atoms with Crippen LogP contribution in [-0.2, 0) is 27.3 Å². The van der Waals surface area contributed by atoms with Crippen molar-refractivity contribution in [3.63, 3.8) is 0 Å². The van der Waals surface area contributed by atoms with E-state index < -0.39 is 17.4 Å². The summed E-state index contributed by atoms with van der Waals surface area (Å²) >= 11 is 0. The highest BCUT2D eigenvalue weighted by molar-refractivity contribution is 5.93. The zero-order valence-corrected chi connectivity index (χ0v) is 17.5. The Hall–Kier alpha value is -3.12. The van der Waals surface area contributed by atoms with Crippen LogP contribution in [-0.4, -0.2) is 48.6 Å². The van der Waals surface area contributed by atoms with Crippen LogP contribution < -0.4 is 10.1 Å². The third kappa shape index (κ3) is 3.41. The van der Waals surface area contributed by atoms with E-state index in [0.717, 1.165) is 17.7 Å². The highest BCUT2D eigenvalue weighted by atomic mass is 16.5. The van der Waals surface area contributed by atoms with E-state index in [9.17, 15) is 9.59 Å². The number of methoxy groups -OCH3 is 1. The van der Waals surface area contributed by atoms with Crippen LogP contribution in [0.3, 0.4) is 0 Å². The number of hydrogen-bond acceptors (Lipinski definition) is 4. The molecule has 2 amide bonds. The molecule has 3 aliphatic rings. The Morgan fingerprint density at radius 1 is 1.19 bits per heavy atom. The Morgan fingerprint density at radius 3 is 2.77 bits per heavy atom. The first-order valence-corrected chi connectivity index (χ1v) is 10.7. The summed E-state index contributed by atoms with van der Waals surface area (Å²) in [7, 11) is 1.61. The summed E-state index contributed by atoms with van der Waals surface area (Å²) < 4.78 is 11.6. The number of rotatable bonds is 7. The van der Waals surface area contributed by atoms with Crippen molar-refractivity contribution in [1.82, 2.24) is 10.2 Å². The fraction of sp³-hybridized carbons (Fsp3) is 0.360. The number of nitrogens with zero attached hydrogens (tertiary/aromatic N) is 1. The van der Waals surface area contributed by atoms with Gasteiger partial charge in [-0.2, -0.15) is 0 Å². The third-order valence-corrected chi connectivity index (χ3v) is 6.64. The summed E-state index contributed by atoms with van der Waals surface area (Å²) in [5, 5.41) is 3.00. The minimum absolute atomic E-state index is 0.0141. The van der Waals surface area contributed by atoms with Crippen molar-refractivity contribution in [2.75, 3.05) is 20.2 Å². The molecule has 6 nitrogen and oxygen atoms in total. The smallest absolute Gasteiger partial charge is 0.230 e. The molecule has 2 saturated heterocycles. The Morgan fingerprint density at radius 2 is 1.97 bits per heavy atom. The van der Waals surface area contributed by atoms with Crippen LogP contribution in [0.4, 0.5) is 0 Å². The van der Waals surface area contributed by atoms with Crippen LogP contribution in [0.5, 0.6) is 5.75 Å². The standard InChI is InChI=1S/C25H26N2O4/c1-30-19-10-6-5-9-18(19)15-26-23(28)21-20-11-13-25(31-20)16-27(24(29)22(21)25)14-12-17-7-3-2-4-8-17/h2-11,13,20-22H,12,14-16H2,1H3,(H,26,28). The van der Waals surface area contributed by atoms with Gasteiger partial charge in [0, 0.05) is 18.7 Å². The molecule has 2 aromatic carbocycles. The normalized spacial score (nSPS) is 28.1. The third-order valence-electron chi connectivity index (χ3n) is 6.64. The molecule has 1 N–H and O–H groups in total. The lowest BCUT2D eigenvalue weighted by molar-refractivity contribution is -0.137. The van der Waals surface area contributed by atoms with Crippen LogP contribution in [0, 0.1) is 11.8 Å². The first-order chi connectivity index (χ1) is 15.1. The van der Waals surface area contributed by atoms with Gasteiger partial charge >= 0.3 is 0 Å². The average Bonchev–Trinajstić information content (AvgIpc) is 3.45. The molecule has 1 spiro atoms. The average molecular weight is 418 g/mol. The summed E-state index contributed by atoms with van der Waals surface area (Å²) in [4.78, 5) is 28.3. The number of benzene rings is 2. The second kappa shape index (κ2) is 7.85. The number of nitrogens with one attached hydrogen (secondary N) is 1. The fourth-order valence-electron chi connectivity index (χ4n) is 5.12. The summed E-state index contributed by atoms with van der Waals surface area (Å²) in [6.07, 6.45) is 4.38. The molecule has 0 aliphatic carbocycles. The van der Waals surface area contributed by atoms with E-state index in [1.54, 1.807) is 7.11 Å². The van der Waals surface area contributed by atoms with E-state index in [1.807, 2.05) is 59.5 Å². The molecule has 3 aliphatic heterocycles. The zero-order valence-electron chi connectivity index (χ0n) is 17.5. The SMILES string of the molecule is COc1ccccc1CNC(=O)C1C2C=CC3(CN(CCc4ccccc4)C(=O)C13)O2. The van der Waals surface area contributed by atoms with Gasteiger partial charge in [-0.3, -0.25) is 9.59 Å². The van der Waals surface area contributed by atoms with Crippen molar-refractivity contribution in [1.29, 1.82) is 0 Å². The second-order valence-electron chi connectivity index (χ2n) is 8.43. The van der Waals surface area contributed by atoms with Crippen LogP contribution in [0.25, 0.3) is 0 Å². The minimum atomic E-state index is -0.676. The largest absolute Gasteiger partial charge is 0.496 e. The van der Waals surface area contributed by atoms with Crippen molar-refractivity contribution in [2.45, 2.75) is 24.7 Å². The van der Waals surface area contributed by atoms with Crippen molar-refractivity contribution >= 4 is 11.8 Å². The van der Waals surface area contributed by atoms with E-state index in [-0.39, 0.29) is 17.9 Å². The molecule has 4 unspecified atom stereocenters. The lowest BCUT2D eigenvalue weighted by Crippen LogP contribution is -2.44. The van der Waals surface area contributed by atoms with Crippen molar-refractivity contribution < 1.29 is 19.1 Å². The second-order valence-corrected chi connectivity index (χ2v) is 8.43. The molecule has 3 heterocycles. The van der Waals surface area contributed by atoms with Crippen LogP contribution >= 0.6 is 0 Å². The van der Waals surface area contributed by atoms with E-state index >= 15 is 0 Å². The number of fused-ring (bicyclic) bond motifs is 1. The first kappa shape index (κ1) is 19.8. The van der Waals surface area contributed by atoms with Gasteiger partial charge in [0.2, 0.25) is 11.8 Å². The fourth-order valence-corrected chi connectivity index (χ4v) is 5.12. The Kier molecular flexibility index (Phi) is 5.02. The molecular weight excluding hydrogens is 392 g/mol. The van der Waals surface area contributed by atoms with Crippen LogP contribution in [0.2, 0.25) is 0 Å². The van der Waals surface area contributed by atoms with E-state index in [1.165, 1.54) is 5.56 Å². The number of hydrogen-bond donors (Lipinski definition) is 1. The molecule has 4 atom stereocenters. The molecule has 2 bridgehead atoms. The molecular formula is C25H26N2O4. The van der Waals surface area contributed by atoms with Crippen LogP contribution in [0.15, 0.2) is 66.7 Å². The minimum Gasteiger partial charge on any atom is -0.496 e. The number of likely N-dealkylation sites (tertiary alicyclic amines) is 1. The lowest BCUT2D eigenvalue weighted by Gasteiger charge is -2.23. The Balaban J connectivity index is 1.28. The maximum atomic E-state index is 13.3. The number of para-hydroxylation sites is 1. The van der Waals surface area contributed by atoms with Gasteiger partial charge in [-0.1, -0.05) is 60.7 Å². The highest BCUT2D eigenvalue weighted by Gasteiger charge is 2.66. The maximum Gasteiger partial charge on any atom is 0.230 e. The predicted molar refractivity (Wildman–Crippen MR) is 115 cm³/mol. The number of amides is 2. The molecule has 0 radical (unpaired) electrons. The monoisotopic (exact) mass is 418 g/mol. The molecule has 2 fully saturated rings. The molecule has 31 heavy (non-hydrogen) atoms. The maximum absolute atomic E-state index is 13.3. The summed E-state index contributed by atoms with van der Waals surface area (Å²) in [5.74, 6) is -0.372. The van der Waals surface area contributed by atoms with E-state index in [0.29, 0.717) is 19.6 Å². The van der Waals surface area contributed by atoms with Gasteiger partial charge < -0.3 is 19.7 Å². The molecule has 0 saturated carbocycles. The molecule has 6 heteroatoms. The first-order valence-electron chi connectivity index (χ1n) is 10.7. The molecule has 0 aromatic heterocycles. The Bertz CT molecular complexity index is 1020. The van der Waals surface area contributed by atoms with Gasteiger partial charge in [-0.15, -0.1) is 0 Å². The van der Waals surface area contributed by atoms with Gasteiger partial charge in [0.25, 0.3) is 0 Å². The number of carbonyl (C=O) groups is 2. The Labute approximate surface area is 181 Å². The van der Waals surface area contributed by atoms with Gasteiger partial charge in [0.15, 0.2) is 0 Å². The van der Waals surface area contributed by atoms with E-state index in [4.69, 9.17) is 9.47 Å². The zero-order chi connectivity index (χ0) is 21.4. The molecule has 5 rings (SSSR count). The van der Waals surface area contributed by atoms with E-state index in [2.05, 4.69) is 17.4 Å². The van der Waals surface area contributed by atoms with Gasteiger partial charge in [0.1, 0.15) is 11.4 Å². The molecule has 160 valence electrons. The summed E-state index contributed by atoms with van der Waals surface area (Å²) in [5.41, 5.74) is 1.41. The number of carbonyl (C=O) groups excluding carboxylic acids is 2. The topological polar surface area (TPSA) is 67.9 Å². The molecule has 2 aromatic rings. The predicted octanol–water partition coefficient (Wildman–Crippen LogP) is 2.34. The van der Waals surface area contributed by atoms with Crippen molar-refractivity contribution in [3.05, 3.63) is 77.9 Å².